The fourth-order valence-corrected chi connectivity index (χ4v) is 4.58. The number of carboxylic acid groups (broad SMARTS) is 1. The molecule has 0 aliphatic rings. The maximum absolute atomic E-state index is 12.2. The number of amides is 1. The summed E-state index contributed by atoms with van der Waals surface area (Å²) in [4.78, 5) is 45.2. The molecule has 0 heterocycles. The van der Waals surface area contributed by atoms with Gasteiger partial charge >= 0.3 is 19.8 Å². The number of carbonyl (C=O) groups is 3. The Labute approximate surface area is 292 Å². The zero-order valence-corrected chi connectivity index (χ0v) is 30.1. The van der Waals surface area contributed by atoms with Gasteiger partial charge in [-0.3, -0.25) is 18.6 Å². The Kier molecular flexibility index (Phi) is 29.7. The Hall–Kier alpha value is -3.34. The number of phosphoric acid groups is 1. The standard InChI is InChI=1S/C37H58NO10P/c1-3-5-7-9-10-11-12-13-14-15-16-17-18-19-20-21-22-23-24-25-26-28-35(40)38-34(37(42)43)32-48-49(44,45)47-31-33(39)30-46-36(41)29-27-8-6-4-2/h5,7,10-11,13-14,16-17,19-20,22-23,25-26,33-34,39H,3-4,6,8-9,12,15,18,21,24,27-32H2,1-2H3,(H,38,40)(H,42,43)(H,44,45)/b7-5-,11-10-,14-13-,17-16-,20-19-,23-22-,26-25-. The molecule has 0 aromatic heterocycles. The molecule has 11 nitrogen and oxygen atoms in total. The second-order valence-electron chi connectivity index (χ2n) is 11.0. The predicted octanol–water partition coefficient (Wildman–Crippen LogP) is 7.60. The largest absolute Gasteiger partial charge is 0.480 e. The third-order valence-electron chi connectivity index (χ3n) is 6.48. The van der Waals surface area contributed by atoms with E-state index in [4.69, 9.17) is 4.74 Å². The Bertz CT molecular complexity index is 1160. The molecule has 0 spiro atoms. The summed E-state index contributed by atoms with van der Waals surface area (Å²) >= 11 is 0. The van der Waals surface area contributed by atoms with E-state index in [9.17, 15) is 34.1 Å². The maximum atomic E-state index is 12.2. The Morgan fingerprint density at radius 2 is 1.14 bits per heavy atom. The van der Waals surface area contributed by atoms with E-state index in [0.717, 1.165) is 57.8 Å². The van der Waals surface area contributed by atoms with E-state index in [1.165, 1.54) is 0 Å². The number of nitrogens with one attached hydrogen (secondary N) is 1. The second kappa shape index (κ2) is 31.9. The van der Waals surface area contributed by atoms with Crippen molar-refractivity contribution in [3.05, 3.63) is 85.1 Å². The number of aliphatic carboxylic acids is 1. The molecule has 3 atom stereocenters. The molecule has 0 aliphatic heterocycles. The van der Waals surface area contributed by atoms with Crippen molar-refractivity contribution in [3.63, 3.8) is 0 Å². The van der Waals surface area contributed by atoms with E-state index in [0.29, 0.717) is 12.8 Å². The molecule has 276 valence electrons. The van der Waals surface area contributed by atoms with Gasteiger partial charge in [-0.15, -0.1) is 0 Å². The molecule has 0 bridgehead atoms. The van der Waals surface area contributed by atoms with Crippen molar-refractivity contribution in [3.8, 4) is 0 Å². The topological polar surface area (TPSA) is 169 Å². The van der Waals surface area contributed by atoms with Gasteiger partial charge < -0.3 is 25.2 Å². The summed E-state index contributed by atoms with van der Waals surface area (Å²) in [6, 6.07) is -1.60. The molecule has 4 N–H and O–H groups in total. The highest BCUT2D eigenvalue weighted by atomic mass is 31.2. The summed E-state index contributed by atoms with van der Waals surface area (Å²) in [6.45, 7) is 2.20. The number of esters is 1. The van der Waals surface area contributed by atoms with E-state index in [-0.39, 0.29) is 12.8 Å². The molecule has 0 aromatic rings. The minimum atomic E-state index is -4.77. The Morgan fingerprint density at radius 1 is 0.673 bits per heavy atom. The van der Waals surface area contributed by atoms with Crippen LogP contribution in [-0.4, -0.2) is 64.9 Å². The summed E-state index contributed by atoms with van der Waals surface area (Å²) in [5.74, 6) is -2.58. The third-order valence-corrected chi connectivity index (χ3v) is 7.43. The molecular formula is C37H58NO10P. The molecule has 0 aromatic carbocycles. The number of hydrogen-bond donors (Lipinski definition) is 4. The van der Waals surface area contributed by atoms with Crippen LogP contribution in [0.3, 0.4) is 0 Å². The molecule has 1 amide bonds. The van der Waals surface area contributed by atoms with Gasteiger partial charge in [0.2, 0.25) is 5.91 Å². The van der Waals surface area contributed by atoms with E-state index in [2.05, 4.69) is 82.0 Å². The van der Waals surface area contributed by atoms with Crippen LogP contribution in [0, 0.1) is 0 Å². The van der Waals surface area contributed by atoms with Crippen molar-refractivity contribution in [2.75, 3.05) is 19.8 Å². The quantitative estimate of drug-likeness (QED) is 0.0252. The number of rotatable bonds is 30. The normalized spacial score (nSPS) is 15.0. The Balaban J connectivity index is 4.17. The lowest BCUT2D eigenvalue weighted by atomic mass is 10.2. The molecule has 49 heavy (non-hydrogen) atoms. The first kappa shape index (κ1) is 45.7. The molecular weight excluding hydrogens is 649 g/mol. The van der Waals surface area contributed by atoms with Crippen LogP contribution in [0.1, 0.15) is 97.3 Å². The van der Waals surface area contributed by atoms with Crippen LogP contribution in [-0.2, 0) is 32.7 Å². The van der Waals surface area contributed by atoms with Gasteiger partial charge in [0.05, 0.1) is 13.2 Å². The summed E-state index contributed by atoms with van der Waals surface area (Å²) in [5, 5.41) is 21.4. The first-order valence-corrected chi connectivity index (χ1v) is 18.6. The van der Waals surface area contributed by atoms with Crippen molar-refractivity contribution >= 4 is 25.7 Å². The van der Waals surface area contributed by atoms with E-state index in [1.54, 1.807) is 12.2 Å². The van der Waals surface area contributed by atoms with Crippen molar-refractivity contribution in [1.82, 2.24) is 5.32 Å². The first-order chi connectivity index (χ1) is 23.6. The average molecular weight is 708 g/mol. The molecule has 0 fully saturated rings. The number of aliphatic hydroxyl groups excluding tert-OH is 1. The van der Waals surface area contributed by atoms with E-state index < -0.39 is 57.6 Å². The molecule has 0 saturated heterocycles. The fraction of sp³-hybridized carbons (Fsp3) is 0.541. The van der Waals surface area contributed by atoms with Crippen molar-refractivity contribution in [2.45, 2.75) is 109 Å². The number of aliphatic hydroxyl groups is 1. The number of allylic oxidation sites excluding steroid dienone is 13. The number of carbonyl (C=O) groups excluding carboxylic acids is 2. The molecule has 0 aliphatic carbocycles. The fourth-order valence-electron chi connectivity index (χ4n) is 3.80. The van der Waals surface area contributed by atoms with Crippen molar-refractivity contribution in [2.24, 2.45) is 0 Å². The van der Waals surface area contributed by atoms with Crippen LogP contribution in [0.25, 0.3) is 0 Å². The van der Waals surface area contributed by atoms with Crippen LogP contribution < -0.4 is 5.32 Å². The summed E-state index contributed by atoms with van der Waals surface area (Å²) < 4.78 is 26.4. The van der Waals surface area contributed by atoms with E-state index in [1.807, 2.05) is 19.1 Å². The lowest BCUT2D eigenvalue weighted by Gasteiger charge is -2.18. The average Bonchev–Trinajstić information content (AvgIpc) is 3.07. The van der Waals surface area contributed by atoms with E-state index >= 15 is 0 Å². The number of ether oxygens (including phenoxy) is 1. The predicted molar refractivity (Wildman–Crippen MR) is 194 cm³/mol. The number of phosphoric ester groups is 1. The molecule has 0 saturated carbocycles. The Morgan fingerprint density at radius 3 is 1.61 bits per heavy atom. The van der Waals surface area contributed by atoms with Crippen LogP contribution in [0.2, 0.25) is 0 Å². The SMILES string of the molecule is CC/C=C\C/C=C\C/C=C\C/C=C\C/C=C\C/C=C\C/C=C\CC(=O)NC(COP(=O)(O)OCC(O)COC(=O)CCCCCC)C(=O)O. The number of hydrogen-bond acceptors (Lipinski definition) is 8. The molecule has 0 radical (unpaired) electrons. The zero-order valence-electron chi connectivity index (χ0n) is 29.2. The van der Waals surface area contributed by atoms with Crippen LogP contribution in [0.4, 0.5) is 0 Å². The van der Waals surface area contributed by atoms with Crippen LogP contribution in [0.15, 0.2) is 85.1 Å². The highest BCUT2D eigenvalue weighted by Crippen LogP contribution is 2.43. The van der Waals surface area contributed by atoms with Crippen LogP contribution in [0.5, 0.6) is 0 Å². The van der Waals surface area contributed by atoms with Crippen molar-refractivity contribution < 1.29 is 47.8 Å². The lowest BCUT2D eigenvalue weighted by molar-refractivity contribution is -0.147. The smallest absolute Gasteiger partial charge is 0.472 e. The molecule has 12 heteroatoms. The van der Waals surface area contributed by atoms with Gasteiger partial charge in [-0.1, -0.05) is 118 Å². The minimum absolute atomic E-state index is 0.0941. The van der Waals surface area contributed by atoms with Gasteiger partial charge in [0.1, 0.15) is 12.7 Å². The first-order valence-electron chi connectivity index (χ1n) is 17.1. The van der Waals surface area contributed by atoms with Gasteiger partial charge in [-0.05, 0) is 51.4 Å². The van der Waals surface area contributed by atoms with Crippen molar-refractivity contribution in [1.29, 1.82) is 0 Å². The summed E-state index contributed by atoms with van der Waals surface area (Å²) in [7, 11) is -4.77. The summed E-state index contributed by atoms with van der Waals surface area (Å²) in [5.41, 5.74) is 0. The van der Waals surface area contributed by atoms with Gasteiger partial charge in [0.25, 0.3) is 0 Å². The zero-order chi connectivity index (χ0) is 36.4. The third kappa shape index (κ3) is 31.7. The minimum Gasteiger partial charge on any atom is -0.480 e. The second-order valence-corrected chi connectivity index (χ2v) is 12.4. The lowest BCUT2D eigenvalue weighted by Crippen LogP contribution is -2.43. The number of carboxylic acids is 1. The van der Waals surface area contributed by atoms with Gasteiger partial charge in [0, 0.05) is 12.8 Å². The highest BCUT2D eigenvalue weighted by Gasteiger charge is 2.28. The number of unbranched alkanes of at least 4 members (excludes halogenated alkanes) is 3. The van der Waals surface area contributed by atoms with Gasteiger partial charge in [-0.25, -0.2) is 9.36 Å². The molecule has 0 rings (SSSR count). The monoisotopic (exact) mass is 707 g/mol. The van der Waals surface area contributed by atoms with Gasteiger partial charge in [0.15, 0.2) is 6.04 Å². The maximum Gasteiger partial charge on any atom is 0.472 e. The van der Waals surface area contributed by atoms with Crippen LogP contribution >= 0.6 is 7.82 Å². The van der Waals surface area contributed by atoms with Gasteiger partial charge in [-0.2, -0.15) is 0 Å². The highest BCUT2D eigenvalue weighted by molar-refractivity contribution is 7.47. The summed E-state index contributed by atoms with van der Waals surface area (Å²) in [6.07, 6.45) is 37.3. The molecule has 3 unspecified atom stereocenters.